The first-order valence-electron chi connectivity index (χ1n) is 6.22. The van der Waals surface area contributed by atoms with Crippen LogP contribution in [-0.2, 0) is 14.6 Å². The number of nitrogens with one attached hydrogen (secondary N) is 1. The molecule has 1 saturated carbocycles. The highest BCUT2D eigenvalue weighted by Crippen LogP contribution is 2.28. The Bertz CT molecular complexity index is 590. The molecule has 1 aliphatic rings. The van der Waals surface area contributed by atoms with Crippen LogP contribution in [0.2, 0.25) is 0 Å². The summed E-state index contributed by atoms with van der Waals surface area (Å²) in [6.45, 7) is 0. The van der Waals surface area contributed by atoms with Crippen LogP contribution in [-0.4, -0.2) is 26.1 Å². The summed E-state index contributed by atoms with van der Waals surface area (Å²) in [6, 6.07) is 6.21. The molecule has 1 aromatic rings. The van der Waals surface area contributed by atoms with E-state index in [-0.39, 0.29) is 10.8 Å². The van der Waals surface area contributed by atoms with Gasteiger partial charge in [-0.05, 0) is 31.0 Å². The summed E-state index contributed by atoms with van der Waals surface area (Å²) in [5.41, 5.74) is 5.69. The average Bonchev–Trinajstić information content (AvgIpc) is 2.77. The Morgan fingerprint density at radius 1 is 1.32 bits per heavy atom. The van der Waals surface area contributed by atoms with Crippen LogP contribution in [0.15, 0.2) is 29.2 Å². The summed E-state index contributed by atoms with van der Waals surface area (Å²) in [7, 11) is -3.28. The van der Waals surface area contributed by atoms with Gasteiger partial charge in [-0.25, -0.2) is 8.42 Å². The lowest BCUT2D eigenvalue weighted by Crippen LogP contribution is -2.48. The maximum atomic E-state index is 12.1. The third kappa shape index (κ3) is 3.13. The Labute approximate surface area is 113 Å². The van der Waals surface area contributed by atoms with Gasteiger partial charge in [0.25, 0.3) is 0 Å². The number of hydrogen-bond donors (Lipinski definition) is 2. The molecule has 0 radical (unpaired) electrons. The van der Waals surface area contributed by atoms with Crippen molar-refractivity contribution in [1.29, 1.82) is 0 Å². The lowest BCUT2D eigenvalue weighted by atomic mass is 9.98. The quantitative estimate of drug-likeness (QED) is 0.874. The molecular weight excluding hydrogens is 264 g/mol. The molecule has 0 bridgehead atoms. The van der Waals surface area contributed by atoms with E-state index in [1.165, 1.54) is 12.1 Å². The summed E-state index contributed by atoms with van der Waals surface area (Å²) < 4.78 is 22.9. The van der Waals surface area contributed by atoms with E-state index in [1.807, 2.05) is 0 Å². The molecule has 0 aliphatic heterocycles. The van der Waals surface area contributed by atoms with E-state index < -0.39 is 15.4 Å². The molecule has 104 valence electrons. The number of carbonyl (C=O) groups is 1. The third-order valence-corrected chi connectivity index (χ3v) is 4.58. The normalized spacial score (nSPS) is 18.2. The second-order valence-electron chi connectivity index (χ2n) is 5.12. The van der Waals surface area contributed by atoms with Crippen LogP contribution in [0.1, 0.15) is 25.7 Å². The van der Waals surface area contributed by atoms with Crippen LogP contribution in [0.4, 0.5) is 5.69 Å². The van der Waals surface area contributed by atoms with Crippen LogP contribution < -0.4 is 11.1 Å². The number of hydrogen-bond acceptors (Lipinski definition) is 4. The van der Waals surface area contributed by atoms with Gasteiger partial charge in [0.2, 0.25) is 5.91 Å². The molecule has 3 N–H and O–H groups in total. The summed E-state index contributed by atoms with van der Waals surface area (Å²) in [5.74, 6) is -0.240. The first kappa shape index (κ1) is 14.0. The van der Waals surface area contributed by atoms with Crippen LogP contribution >= 0.6 is 0 Å². The maximum Gasteiger partial charge on any atom is 0.244 e. The molecule has 0 saturated heterocycles. The smallest absolute Gasteiger partial charge is 0.244 e. The number of carbonyl (C=O) groups excluding carboxylic acids is 1. The average molecular weight is 282 g/mol. The van der Waals surface area contributed by atoms with E-state index in [2.05, 4.69) is 5.32 Å². The van der Waals surface area contributed by atoms with Crippen molar-refractivity contribution in [1.82, 2.24) is 0 Å². The molecule has 1 amide bonds. The maximum absolute atomic E-state index is 12.1. The summed E-state index contributed by atoms with van der Waals surface area (Å²) in [5, 5.41) is 2.71. The van der Waals surface area contributed by atoms with Gasteiger partial charge in [-0.1, -0.05) is 18.9 Å². The Balaban J connectivity index is 2.18. The number of benzene rings is 1. The Hall–Kier alpha value is -1.40. The van der Waals surface area contributed by atoms with E-state index in [9.17, 15) is 13.2 Å². The predicted molar refractivity (Wildman–Crippen MR) is 73.6 cm³/mol. The SMILES string of the molecule is CS(=O)(=O)c1cccc(NC(=O)C2(N)CCCC2)c1. The number of rotatable bonds is 3. The first-order chi connectivity index (χ1) is 8.81. The number of amides is 1. The Kier molecular flexibility index (Phi) is 3.64. The van der Waals surface area contributed by atoms with E-state index in [0.717, 1.165) is 19.1 Å². The fourth-order valence-corrected chi connectivity index (χ4v) is 2.96. The van der Waals surface area contributed by atoms with Gasteiger partial charge in [0, 0.05) is 11.9 Å². The van der Waals surface area contributed by atoms with Gasteiger partial charge >= 0.3 is 0 Å². The molecule has 0 heterocycles. The highest BCUT2D eigenvalue weighted by molar-refractivity contribution is 7.90. The van der Waals surface area contributed by atoms with Gasteiger partial charge in [-0.2, -0.15) is 0 Å². The van der Waals surface area contributed by atoms with Crippen molar-refractivity contribution >= 4 is 21.4 Å². The lowest BCUT2D eigenvalue weighted by molar-refractivity contribution is -0.121. The van der Waals surface area contributed by atoms with Crippen molar-refractivity contribution in [3.8, 4) is 0 Å². The molecule has 19 heavy (non-hydrogen) atoms. The van der Waals surface area contributed by atoms with E-state index in [1.54, 1.807) is 12.1 Å². The molecule has 5 nitrogen and oxygen atoms in total. The molecule has 0 atom stereocenters. The number of sulfone groups is 1. The van der Waals surface area contributed by atoms with Crippen LogP contribution in [0.3, 0.4) is 0 Å². The molecule has 6 heteroatoms. The lowest BCUT2D eigenvalue weighted by Gasteiger charge is -2.22. The van der Waals surface area contributed by atoms with Crippen molar-refractivity contribution in [2.75, 3.05) is 11.6 Å². The van der Waals surface area contributed by atoms with Crippen molar-refractivity contribution in [2.45, 2.75) is 36.1 Å². The summed E-state index contributed by atoms with van der Waals surface area (Å²) >= 11 is 0. The second kappa shape index (κ2) is 4.94. The van der Waals surface area contributed by atoms with Gasteiger partial charge in [0.1, 0.15) is 0 Å². The Morgan fingerprint density at radius 2 is 1.95 bits per heavy atom. The zero-order valence-electron chi connectivity index (χ0n) is 10.8. The summed E-state index contributed by atoms with van der Waals surface area (Å²) in [6.07, 6.45) is 4.38. The Morgan fingerprint density at radius 3 is 2.53 bits per heavy atom. The van der Waals surface area contributed by atoms with Gasteiger partial charge in [0.05, 0.1) is 10.4 Å². The second-order valence-corrected chi connectivity index (χ2v) is 7.13. The number of anilines is 1. The molecule has 1 fully saturated rings. The van der Waals surface area contributed by atoms with Crippen LogP contribution in [0, 0.1) is 0 Å². The first-order valence-corrected chi connectivity index (χ1v) is 8.11. The molecule has 0 unspecified atom stereocenters. The van der Waals surface area contributed by atoms with Gasteiger partial charge in [-0.3, -0.25) is 4.79 Å². The molecule has 0 spiro atoms. The van der Waals surface area contributed by atoms with Gasteiger partial charge < -0.3 is 11.1 Å². The number of nitrogens with two attached hydrogens (primary N) is 1. The molecule has 1 aliphatic carbocycles. The van der Waals surface area contributed by atoms with Crippen molar-refractivity contribution in [3.05, 3.63) is 24.3 Å². The minimum absolute atomic E-state index is 0.183. The van der Waals surface area contributed by atoms with Crippen molar-refractivity contribution < 1.29 is 13.2 Å². The zero-order chi connectivity index (χ0) is 14.1. The van der Waals surface area contributed by atoms with Crippen LogP contribution in [0.5, 0.6) is 0 Å². The third-order valence-electron chi connectivity index (χ3n) is 3.47. The fraction of sp³-hybridized carbons (Fsp3) is 0.462. The zero-order valence-corrected chi connectivity index (χ0v) is 11.7. The van der Waals surface area contributed by atoms with Crippen molar-refractivity contribution in [2.24, 2.45) is 5.73 Å². The molecular formula is C13H18N2O3S. The minimum Gasteiger partial charge on any atom is -0.324 e. The van der Waals surface area contributed by atoms with Crippen LogP contribution in [0.25, 0.3) is 0 Å². The van der Waals surface area contributed by atoms with Gasteiger partial charge in [-0.15, -0.1) is 0 Å². The highest BCUT2D eigenvalue weighted by Gasteiger charge is 2.36. The summed E-state index contributed by atoms with van der Waals surface area (Å²) in [4.78, 5) is 12.3. The molecule has 1 aromatic carbocycles. The predicted octanol–water partition coefficient (Wildman–Crippen LogP) is 1.30. The van der Waals surface area contributed by atoms with E-state index >= 15 is 0 Å². The molecule has 0 aromatic heterocycles. The van der Waals surface area contributed by atoms with E-state index in [4.69, 9.17) is 5.73 Å². The van der Waals surface area contributed by atoms with Gasteiger partial charge in [0.15, 0.2) is 9.84 Å². The monoisotopic (exact) mass is 282 g/mol. The minimum atomic E-state index is -3.28. The molecule has 2 rings (SSSR count). The van der Waals surface area contributed by atoms with E-state index in [0.29, 0.717) is 18.5 Å². The topological polar surface area (TPSA) is 89.3 Å². The standard InChI is InChI=1S/C13H18N2O3S/c1-19(17,18)11-6-4-5-10(9-11)15-12(16)13(14)7-2-3-8-13/h4-6,9H,2-3,7-8,14H2,1H3,(H,15,16). The van der Waals surface area contributed by atoms with Crippen molar-refractivity contribution in [3.63, 3.8) is 0 Å². The fourth-order valence-electron chi connectivity index (χ4n) is 2.29. The highest BCUT2D eigenvalue weighted by atomic mass is 32.2. The largest absolute Gasteiger partial charge is 0.324 e.